The molecule has 94 valence electrons. The molecule has 0 bridgehead atoms. The zero-order valence-electron chi connectivity index (χ0n) is 9.76. The van der Waals surface area contributed by atoms with Crippen molar-refractivity contribution in [1.82, 2.24) is 0 Å². The highest BCUT2D eigenvalue weighted by molar-refractivity contribution is 9.09. The van der Waals surface area contributed by atoms with E-state index in [1.165, 1.54) is 37.8 Å². The molecule has 3 heteroatoms. The Bertz CT molecular complexity index is 372. The zero-order valence-corrected chi connectivity index (χ0v) is 11.3. The first-order chi connectivity index (χ1) is 8.20. The van der Waals surface area contributed by atoms with Crippen molar-refractivity contribution < 1.29 is 8.78 Å². The average Bonchev–Trinajstić information content (AvgIpc) is 2.84. The molecule has 0 aromatic heterocycles. The Morgan fingerprint density at radius 2 is 1.88 bits per heavy atom. The molecule has 2 rings (SSSR count). The molecule has 1 aliphatic rings. The molecule has 0 N–H and O–H groups in total. The van der Waals surface area contributed by atoms with Crippen molar-refractivity contribution in [2.24, 2.45) is 11.8 Å². The second kappa shape index (κ2) is 5.94. The van der Waals surface area contributed by atoms with Crippen LogP contribution in [-0.2, 0) is 6.42 Å². The highest BCUT2D eigenvalue weighted by atomic mass is 79.9. The van der Waals surface area contributed by atoms with Gasteiger partial charge in [0, 0.05) is 5.33 Å². The normalized spacial score (nSPS) is 18.5. The molecular weight excluding hydrogens is 286 g/mol. The first-order valence-corrected chi connectivity index (χ1v) is 7.32. The quantitative estimate of drug-likeness (QED) is 0.707. The van der Waals surface area contributed by atoms with E-state index in [0.29, 0.717) is 5.92 Å². The van der Waals surface area contributed by atoms with Crippen molar-refractivity contribution in [2.75, 3.05) is 5.33 Å². The van der Waals surface area contributed by atoms with Gasteiger partial charge in [0.2, 0.25) is 0 Å². The molecule has 0 amide bonds. The van der Waals surface area contributed by atoms with Crippen LogP contribution in [-0.4, -0.2) is 5.33 Å². The summed E-state index contributed by atoms with van der Waals surface area (Å²) in [5, 5.41) is 0.941. The minimum atomic E-state index is -0.759. The van der Waals surface area contributed by atoms with E-state index < -0.39 is 11.6 Å². The van der Waals surface area contributed by atoms with Gasteiger partial charge in [0.1, 0.15) is 0 Å². The summed E-state index contributed by atoms with van der Waals surface area (Å²) >= 11 is 3.55. The number of alkyl halides is 1. The number of hydrogen-bond acceptors (Lipinski definition) is 0. The van der Waals surface area contributed by atoms with Crippen molar-refractivity contribution in [3.63, 3.8) is 0 Å². The van der Waals surface area contributed by atoms with E-state index in [4.69, 9.17) is 0 Å². The van der Waals surface area contributed by atoms with Gasteiger partial charge < -0.3 is 0 Å². The Balaban J connectivity index is 2.04. The van der Waals surface area contributed by atoms with Crippen LogP contribution in [0.25, 0.3) is 0 Å². The molecule has 1 atom stereocenters. The Morgan fingerprint density at radius 1 is 1.18 bits per heavy atom. The van der Waals surface area contributed by atoms with Crippen LogP contribution in [0.2, 0.25) is 0 Å². The summed E-state index contributed by atoms with van der Waals surface area (Å²) in [7, 11) is 0. The fourth-order valence-corrected chi connectivity index (χ4v) is 3.50. The van der Waals surface area contributed by atoms with E-state index in [2.05, 4.69) is 15.9 Å². The summed E-state index contributed by atoms with van der Waals surface area (Å²) in [6.07, 6.45) is 6.02. The van der Waals surface area contributed by atoms with Gasteiger partial charge >= 0.3 is 0 Å². The molecule has 1 aliphatic carbocycles. The van der Waals surface area contributed by atoms with Crippen LogP contribution in [0.4, 0.5) is 8.78 Å². The standard InChI is InChI=1S/C14H17BrF2/c15-9-12(11-3-1-2-4-11)7-10-5-6-13(16)14(17)8-10/h5-6,8,11-12H,1-4,7,9H2. The smallest absolute Gasteiger partial charge is 0.159 e. The number of benzene rings is 1. The van der Waals surface area contributed by atoms with Crippen molar-refractivity contribution in [3.8, 4) is 0 Å². The lowest BCUT2D eigenvalue weighted by molar-refractivity contribution is 0.372. The minimum Gasteiger partial charge on any atom is -0.204 e. The first kappa shape index (κ1) is 13.0. The third-order valence-electron chi connectivity index (χ3n) is 3.75. The Morgan fingerprint density at radius 3 is 2.47 bits per heavy atom. The lowest BCUT2D eigenvalue weighted by Crippen LogP contribution is -2.16. The van der Waals surface area contributed by atoms with Gasteiger partial charge in [-0.25, -0.2) is 8.78 Å². The average molecular weight is 303 g/mol. The van der Waals surface area contributed by atoms with E-state index in [-0.39, 0.29) is 0 Å². The molecule has 17 heavy (non-hydrogen) atoms. The third-order valence-corrected chi connectivity index (χ3v) is 4.58. The van der Waals surface area contributed by atoms with Gasteiger partial charge in [-0.2, -0.15) is 0 Å². The van der Waals surface area contributed by atoms with Gasteiger partial charge in [-0.3, -0.25) is 0 Å². The summed E-state index contributed by atoms with van der Waals surface area (Å²) in [6.45, 7) is 0. The van der Waals surface area contributed by atoms with Crippen molar-refractivity contribution >= 4 is 15.9 Å². The number of rotatable bonds is 4. The molecule has 0 radical (unpaired) electrons. The maximum atomic E-state index is 13.1. The van der Waals surface area contributed by atoms with Crippen LogP contribution in [0.1, 0.15) is 31.2 Å². The summed E-state index contributed by atoms with van der Waals surface area (Å²) in [5.74, 6) is -0.211. The van der Waals surface area contributed by atoms with Gasteiger partial charge in [0.15, 0.2) is 11.6 Å². The summed E-state index contributed by atoms with van der Waals surface area (Å²) in [6, 6.07) is 4.26. The molecule has 1 aromatic rings. The van der Waals surface area contributed by atoms with Crippen LogP contribution in [0.5, 0.6) is 0 Å². The largest absolute Gasteiger partial charge is 0.204 e. The summed E-state index contributed by atoms with van der Waals surface area (Å²) < 4.78 is 26.0. The van der Waals surface area contributed by atoms with Crippen molar-refractivity contribution in [1.29, 1.82) is 0 Å². The predicted octanol–water partition coefficient (Wildman–Crippen LogP) is 4.71. The second-order valence-electron chi connectivity index (χ2n) is 4.91. The van der Waals surface area contributed by atoms with E-state index in [0.717, 1.165) is 23.2 Å². The van der Waals surface area contributed by atoms with Gasteiger partial charge in [0.05, 0.1) is 0 Å². The second-order valence-corrected chi connectivity index (χ2v) is 5.56. The molecule has 0 saturated heterocycles. The number of hydrogen-bond donors (Lipinski definition) is 0. The lowest BCUT2D eigenvalue weighted by Gasteiger charge is -2.21. The highest BCUT2D eigenvalue weighted by Crippen LogP contribution is 2.34. The van der Waals surface area contributed by atoms with Gasteiger partial charge in [-0.1, -0.05) is 47.7 Å². The fraction of sp³-hybridized carbons (Fsp3) is 0.571. The topological polar surface area (TPSA) is 0 Å². The summed E-state index contributed by atoms with van der Waals surface area (Å²) in [4.78, 5) is 0. The predicted molar refractivity (Wildman–Crippen MR) is 69.3 cm³/mol. The van der Waals surface area contributed by atoms with Crippen LogP contribution in [0.3, 0.4) is 0 Å². The highest BCUT2D eigenvalue weighted by Gasteiger charge is 2.24. The van der Waals surface area contributed by atoms with Gasteiger partial charge in [0.25, 0.3) is 0 Å². The number of halogens is 3. The van der Waals surface area contributed by atoms with Crippen molar-refractivity contribution in [2.45, 2.75) is 32.1 Å². The molecule has 1 saturated carbocycles. The fourth-order valence-electron chi connectivity index (χ4n) is 2.75. The molecule has 0 aliphatic heterocycles. The SMILES string of the molecule is Fc1ccc(CC(CBr)C2CCCC2)cc1F. The Labute approximate surface area is 110 Å². The van der Waals surface area contributed by atoms with Crippen LogP contribution in [0.15, 0.2) is 18.2 Å². The Hall–Kier alpha value is -0.440. The monoisotopic (exact) mass is 302 g/mol. The van der Waals surface area contributed by atoms with Crippen LogP contribution >= 0.6 is 15.9 Å². The summed E-state index contributed by atoms with van der Waals surface area (Å²) in [5.41, 5.74) is 0.903. The molecule has 0 spiro atoms. The van der Waals surface area contributed by atoms with E-state index in [1.54, 1.807) is 6.07 Å². The molecule has 0 nitrogen and oxygen atoms in total. The van der Waals surface area contributed by atoms with Crippen LogP contribution in [0, 0.1) is 23.5 Å². The van der Waals surface area contributed by atoms with Gasteiger partial charge in [-0.05, 0) is 36.0 Å². The van der Waals surface area contributed by atoms with Crippen molar-refractivity contribution in [3.05, 3.63) is 35.4 Å². The zero-order chi connectivity index (χ0) is 12.3. The molecule has 1 aromatic carbocycles. The van der Waals surface area contributed by atoms with Crippen LogP contribution < -0.4 is 0 Å². The third kappa shape index (κ3) is 3.27. The molecule has 1 unspecified atom stereocenters. The van der Waals surface area contributed by atoms with E-state index in [9.17, 15) is 8.78 Å². The lowest BCUT2D eigenvalue weighted by atomic mass is 9.87. The molecule has 0 heterocycles. The molecule has 1 fully saturated rings. The molecular formula is C14H17BrF2. The Kier molecular flexibility index (Phi) is 4.55. The maximum Gasteiger partial charge on any atom is 0.159 e. The maximum absolute atomic E-state index is 13.1. The first-order valence-electron chi connectivity index (χ1n) is 6.20. The minimum absolute atomic E-state index is 0.544. The van der Waals surface area contributed by atoms with E-state index in [1.807, 2.05) is 0 Å². The van der Waals surface area contributed by atoms with Gasteiger partial charge in [-0.15, -0.1) is 0 Å². The van der Waals surface area contributed by atoms with E-state index >= 15 is 0 Å².